The summed E-state index contributed by atoms with van der Waals surface area (Å²) in [6.07, 6.45) is 1.19. The van der Waals surface area contributed by atoms with Crippen molar-refractivity contribution in [3.63, 3.8) is 0 Å². The lowest BCUT2D eigenvalue weighted by atomic mass is 10.2. The van der Waals surface area contributed by atoms with Gasteiger partial charge in [0.2, 0.25) is 0 Å². The number of carboxylic acid groups (broad SMARTS) is 1. The molecular weight excluding hydrogens is 383 g/mol. The summed E-state index contributed by atoms with van der Waals surface area (Å²) in [6, 6.07) is 4.09. The molecule has 2 N–H and O–H groups in total. The molecule has 102 valence electrons. The third kappa shape index (κ3) is 3.30. The standard InChI is InChI=1S/C12H12ClIN2O3/c13-8-4-3-7(14)6-9(8)15-12(19)16-5-1-2-10(16)11(17)18/h3-4,6,10H,1-2,5H2,(H,15,19)(H,17,18)/t10-/m1/s1. The summed E-state index contributed by atoms with van der Waals surface area (Å²) in [5.74, 6) is -0.971. The zero-order valence-electron chi connectivity index (χ0n) is 9.90. The van der Waals surface area contributed by atoms with Gasteiger partial charge in [-0.25, -0.2) is 9.59 Å². The Labute approximate surface area is 129 Å². The SMILES string of the molecule is O=C(O)[C@H]1CCCN1C(=O)Nc1cc(I)ccc1Cl. The van der Waals surface area contributed by atoms with E-state index in [0.717, 1.165) is 3.57 Å². The van der Waals surface area contributed by atoms with Gasteiger partial charge in [0.05, 0.1) is 10.7 Å². The number of benzene rings is 1. The Morgan fingerprint density at radius 2 is 2.21 bits per heavy atom. The fourth-order valence-corrected chi connectivity index (χ4v) is 2.70. The summed E-state index contributed by atoms with van der Waals surface area (Å²) >= 11 is 8.11. The number of carbonyl (C=O) groups excluding carboxylic acids is 1. The molecule has 2 rings (SSSR count). The first-order valence-electron chi connectivity index (χ1n) is 5.74. The van der Waals surface area contributed by atoms with Crippen molar-refractivity contribution in [2.75, 3.05) is 11.9 Å². The molecular formula is C12H12ClIN2O3. The van der Waals surface area contributed by atoms with E-state index in [9.17, 15) is 9.59 Å². The van der Waals surface area contributed by atoms with Crippen molar-refractivity contribution in [1.82, 2.24) is 4.90 Å². The minimum Gasteiger partial charge on any atom is -0.480 e. The number of nitrogens with zero attached hydrogens (tertiary/aromatic N) is 1. The lowest BCUT2D eigenvalue weighted by molar-refractivity contribution is -0.141. The largest absolute Gasteiger partial charge is 0.480 e. The number of carboxylic acids is 1. The fraction of sp³-hybridized carbons (Fsp3) is 0.333. The van der Waals surface area contributed by atoms with E-state index in [-0.39, 0.29) is 0 Å². The van der Waals surface area contributed by atoms with Gasteiger partial charge in [-0.2, -0.15) is 0 Å². The van der Waals surface area contributed by atoms with E-state index in [1.807, 2.05) is 6.07 Å². The van der Waals surface area contributed by atoms with Crippen molar-refractivity contribution >= 4 is 51.9 Å². The molecule has 0 radical (unpaired) electrons. The third-order valence-corrected chi connectivity index (χ3v) is 3.97. The van der Waals surface area contributed by atoms with Gasteiger partial charge in [0.25, 0.3) is 0 Å². The molecule has 1 saturated heterocycles. The van der Waals surface area contributed by atoms with Crippen LogP contribution in [0.3, 0.4) is 0 Å². The maximum Gasteiger partial charge on any atom is 0.326 e. The summed E-state index contributed by atoms with van der Waals surface area (Å²) in [7, 11) is 0. The Kier molecular flexibility index (Phi) is 4.51. The molecule has 1 heterocycles. The Morgan fingerprint density at radius 3 is 2.89 bits per heavy atom. The number of anilines is 1. The number of aliphatic carboxylic acids is 1. The minimum atomic E-state index is -0.971. The van der Waals surface area contributed by atoms with Gasteiger partial charge in [0.1, 0.15) is 6.04 Å². The van der Waals surface area contributed by atoms with Crippen LogP contribution in [0, 0.1) is 3.57 Å². The van der Waals surface area contributed by atoms with Crippen LogP contribution >= 0.6 is 34.2 Å². The van der Waals surface area contributed by atoms with E-state index < -0.39 is 18.0 Å². The molecule has 1 aliphatic heterocycles. The summed E-state index contributed by atoms with van der Waals surface area (Å²) < 4.78 is 0.938. The Balaban J connectivity index is 2.12. The lowest BCUT2D eigenvalue weighted by Crippen LogP contribution is -2.42. The monoisotopic (exact) mass is 394 g/mol. The van der Waals surface area contributed by atoms with Gasteiger partial charge in [0.15, 0.2) is 0 Å². The first-order chi connectivity index (χ1) is 8.99. The van der Waals surface area contributed by atoms with Crippen molar-refractivity contribution in [3.05, 3.63) is 26.8 Å². The molecule has 2 amide bonds. The zero-order valence-corrected chi connectivity index (χ0v) is 12.8. The van der Waals surface area contributed by atoms with E-state index >= 15 is 0 Å². The number of hydrogen-bond acceptors (Lipinski definition) is 2. The highest BCUT2D eigenvalue weighted by molar-refractivity contribution is 14.1. The van der Waals surface area contributed by atoms with Crippen LogP contribution in [0.25, 0.3) is 0 Å². The number of hydrogen-bond donors (Lipinski definition) is 2. The van der Waals surface area contributed by atoms with Gasteiger partial charge in [-0.3, -0.25) is 0 Å². The van der Waals surface area contributed by atoms with E-state index in [1.54, 1.807) is 12.1 Å². The van der Waals surface area contributed by atoms with Crippen LogP contribution in [0.15, 0.2) is 18.2 Å². The molecule has 1 atom stereocenters. The predicted molar refractivity (Wildman–Crippen MR) is 80.6 cm³/mol. The van der Waals surface area contributed by atoms with Crippen LogP contribution in [0.5, 0.6) is 0 Å². The highest BCUT2D eigenvalue weighted by Gasteiger charge is 2.34. The van der Waals surface area contributed by atoms with Gasteiger partial charge in [-0.05, 0) is 53.6 Å². The van der Waals surface area contributed by atoms with Crippen LogP contribution in [0.1, 0.15) is 12.8 Å². The highest BCUT2D eigenvalue weighted by atomic mass is 127. The molecule has 1 aromatic carbocycles. The zero-order chi connectivity index (χ0) is 14.0. The molecule has 1 aromatic rings. The second-order valence-corrected chi connectivity index (χ2v) is 5.90. The van der Waals surface area contributed by atoms with Gasteiger partial charge in [-0.1, -0.05) is 11.6 Å². The van der Waals surface area contributed by atoms with E-state index in [1.165, 1.54) is 4.90 Å². The van der Waals surface area contributed by atoms with Crippen molar-refractivity contribution in [2.24, 2.45) is 0 Å². The van der Waals surface area contributed by atoms with Crippen LogP contribution in [-0.2, 0) is 4.79 Å². The van der Waals surface area contributed by atoms with Crippen molar-refractivity contribution in [3.8, 4) is 0 Å². The topological polar surface area (TPSA) is 69.6 Å². The van der Waals surface area contributed by atoms with Gasteiger partial charge in [-0.15, -0.1) is 0 Å². The lowest BCUT2D eigenvalue weighted by Gasteiger charge is -2.22. The average Bonchev–Trinajstić information content (AvgIpc) is 2.83. The maximum atomic E-state index is 12.1. The Bertz CT molecular complexity index is 524. The third-order valence-electron chi connectivity index (χ3n) is 2.97. The molecule has 0 unspecified atom stereocenters. The number of nitrogens with one attached hydrogen (secondary N) is 1. The normalized spacial score (nSPS) is 18.4. The molecule has 1 fully saturated rings. The number of rotatable bonds is 2. The summed E-state index contributed by atoms with van der Waals surface area (Å²) in [5.41, 5.74) is 0.495. The van der Waals surface area contributed by atoms with Crippen molar-refractivity contribution < 1.29 is 14.7 Å². The number of urea groups is 1. The van der Waals surface area contributed by atoms with Crippen LogP contribution in [0.4, 0.5) is 10.5 Å². The second kappa shape index (κ2) is 5.96. The number of amides is 2. The molecule has 19 heavy (non-hydrogen) atoms. The number of carbonyl (C=O) groups is 2. The smallest absolute Gasteiger partial charge is 0.326 e. The molecule has 1 aliphatic rings. The minimum absolute atomic E-state index is 0.422. The number of likely N-dealkylation sites (tertiary alicyclic amines) is 1. The fourth-order valence-electron chi connectivity index (χ4n) is 2.05. The average molecular weight is 395 g/mol. The number of halogens is 2. The Hall–Kier alpha value is -1.02. The molecule has 0 aromatic heterocycles. The maximum absolute atomic E-state index is 12.1. The Morgan fingerprint density at radius 1 is 1.47 bits per heavy atom. The molecule has 5 nitrogen and oxygen atoms in total. The van der Waals surface area contributed by atoms with Gasteiger partial charge in [0, 0.05) is 10.1 Å². The molecule has 0 spiro atoms. The predicted octanol–water partition coefficient (Wildman–Crippen LogP) is 3.03. The molecule has 0 aliphatic carbocycles. The summed E-state index contributed by atoms with van der Waals surface area (Å²) in [6.45, 7) is 0.449. The van der Waals surface area contributed by atoms with Crippen LogP contribution in [-0.4, -0.2) is 34.6 Å². The van der Waals surface area contributed by atoms with Gasteiger partial charge < -0.3 is 15.3 Å². The molecule has 0 bridgehead atoms. The summed E-state index contributed by atoms with van der Waals surface area (Å²) in [5, 5.41) is 12.1. The van der Waals surface area contributed by atoms with Gasteiger partial charge >= 0.3 is 12.0 Å². The quantitative estimate of drug-likeness (QED) is 0.758. The van der Waals surface area contributed by atoms with Crippen LogP contribution < -0.4 is 5.32 Å². The first kappa shape index (κ1) is 14.4. The van der Waals surface area contributed by atoms with E-state index in [4.69, 9.17) is 16.7 Å². The van der Waals surface area contributed by atoms with E-state index in [2.05, 4.69) is 27.9 Å². The summed E-state index contributed by atoms with van der Waals surface area (Å²) in [4.78, 5) is 24.5. The van der Waals surface area contributed by atoms with Crippen molar-refractivity contribution in [1.29, 1.82) is 0 Å². The van der Waals surface area contributed by atoms with Crippen molar-refractivity contribution in [2.45, 2.75) is 18.9 Å². The molecule has 0 saturated carbocycles. The molecule has 7 heteroatoms. The highest BCUT2D eigenvalue weighted by Crippen LogP contribution is 2.25. The first-order valence-corrected chi connectivity index (χ1v) is 7.20. The van der Waals surface area contributed by atoms with E-state index in [0.29, 0.717) is 30.1 Å². The van der Waals surface area contributed by atoms with Crippen LogP contribution in [0.2, 0.25) is 5.02 Å². The second-order valence-electron chi connectivity index (χ2n) is 4.24.